The van der Waals surface area contributed by atoms with Gasteiger partial charge in [0.15, 0.2) is 0 Å². The number of carboxylic acids is 1. The van der Waals surface area contributed by atoms with Crippen molar-refractivity contribution in [1.82, 2.24) is 0 Å². The molecule has 0 radical (unpaired) electrons. The van der Waals surface area contributed by atoms with Crippen molar-refractivity contribution in [3.63, 3.8) is 0 Å². The van der Waals surface area contributed by atoms with E-state index < -0.39 is 12.0 Å². The topological polar surface area (TPSA) is 69.6 Å². The van der Waals surface area contributed by atoms with Gasteiger partial charge in [-0.15, -0.1) is 0 Å². The van der Waals surface area contributed by atoms with Crippen LogP contribution in [0.15, 0.2) is 18.2 Å². The van der Waals surface area contributed by atoms with Gasteiger partial charge in [-0.25, -0.2) is 4.79 Å². The Morgan fingerprint density at radius 1 is 1.50 bits per heavy atom. The van der Waals surface area contributed by atoms with E-state index in [0.29, 0.717) is 12.8 Å². The van der Waals surface area contributed by atoms with Gasteiger partial charge in [-0.3, -0.25) is 0 Å². The smallest absolute Gasteiger partial charge is 0.326 e. The number of carboxylic acid groups (broad SMARTS) is 1. The Kier molecular flexibility index (Phi) is 2.04. The van der Waals surface area contributed by atoms with Crippen molar-refractivity contribution in [2.24, 2.45) is 0 Å². The van der Waals surface area contributed by atoms with Gasteiger partial charge in [-0.1, -0.05) is 6.07 Å². The normalized spacial score (nSPS) is 19.6. The SMILES string of the molecule is O=C(O)C1CCc2c(O)cccc2N1. The average molecular weight is 193 g/mol. The molecule has 1 aliphatic heterocycles. The van der Waals surface area contributed by atoms with Crippen LogP contribution in [0.25, 0.3) is 0 Å². The summed E-state index contributed by atoms with van der Waals surface area (Å²) >= 11 is 0. The first-order chi connectivity index (χ1) is 6.68. The van der Waals surface area contributed by atoms with Gasteiger partial charge in [0.25, 0.3) is 0 Å². The fourth-order valence-corrected chi connectivity index (χ4v) is 1.71. The maximum atomic E-state index is 10.7. The van der Waals surface area contributed by atoms with E-state index in [-0.39, 0.29) is 5.75 Å². The molecule has 0 saturated heterocycles. The van der Waals surface area contributed by atoms with Crippen molar-refractivity contribution in [3.8, 4) is 5.75 Å². The largest absolute Gasteiger partial charge is 0.508 e. The fourth-order valence-electron chi connectivity index (χ4n) is 1.71. The minimum Gasteiger partial charge on any atom is -0.508 e. The number of benzene rings is 1. The van der Waals surface area contributed by atoms with E-state index in [1.165, 1.54) is 0 Å². The minimum absolute atomic E-state index is 0.235. The molecule has 0 spiro atoms. The third-order valence-electron chi connectivity index (χ3n) is 2.46. The van der Waals surface area contributed by atoms with Crippen LogP contribution in [0.5, 0.6) is 5.75 Å². The van der Waals surface area contributed by atoms with Crippen molar-refractivity contribution >= 4 is 11.7 Å². The maximum Gasteiger partial charge on any atom is 0.326 e. The van der Waals surface area contributed by atoms with Gasteiger partial charge in [-0.05, 0) is 25.0 Å². The lowest BCUT2D eigenvalue weighted by Crippen LogP contribution is -2.33. The highest BCUT2D eigenvalue weighted by Crippen LogP contribution is 2.31. The number of nitrogens with one attached hydrogen (secondary N) is 1. The van der Waals surface area contributed by atoms with Crippen molar-refractivity contribution in [3.05, 3.63) is 23.8 Å². The molecule has 1 aromatic carbocycles. The molecule has 74 valence electrons. The number of aliphatic carboxylic acids is 1. The van der Waals surface area contributed by atoms with Crippen LogP contribution in [0, 0.1) is 0 Å². The molecule has 0 aliphatic carbocycles. The molecule has 0 bridgehead atoms. The van der Waals surface area contributed by atoms with Gasteiger partial charge < -0.3 is 15.5 Å². The Labute approximate surface area is 81.2 Å². The number of fused-ring (bicyclic) bond motifs is 1. The Hall–Kier alpha value is -1.71. The molecule has 1 atom stereocenters. The summed E-state index contributed by atoms with van der Waals surface area (Å²) in [6.07, 6.45) is 1.12. The number of carbonyl (C=O) groups is 1. The van der Waals surface area contributed by atoms with Gasteiger partial charge >= 0.3 is 5.97 Å². The molecule has 3 N–H and O–H groups in total. The molecule has 0 aromatic heterocycles. The lowest BCUT2D eigenvalue weighted by atomic mass is 9.97. The molecule has 14 heavy (non-hydrogen) atoms. The van der Waals surface area contributed by atoms with E-state index in [1.807, 2.05) is 0 Å². The second kappa shape index (κ2) is 3.21. The molecule has 0 saturated carbocycles. The van der Waals surface area contributed by atoms with Crippen LogP contribution in [-0.2, 0) is 11.2 Å². The third-order valence-corrected chi connectivity index (χ3v) is 2.46. The summed E-state index contributed by atoms with van der Waals surface area (Å²) in [6, 6.07) is 4.56. The van der Waals surface area contributed by atoms with Crippen LogP contribution in [0.3, 0.4) is 0 Å². The Balaban J connectivity index is 2.31. The first kappa shape index (κ1) is 8.87. The first-order valence-electron chi connectivity index (χ1n) is 4.48. The Bertz CT molecular complexity index is 376. The highest BCUT2D eigenvalue weighted by molar-refractivity contribution is 5.79. The van der Waals surface area contributed by atoms with Crippen LogP contribution >= 0.6 is 0 Å². The molecule has 2 rings (SSSR count). The highest BCUT2D eigenvalue weighted by Gasteiger charge is 2.24. The van der Waals surface area contributed by atoms with Crippen LogP contribution in [0.4, 0.5) is 5.69 Å². The van der Waals surface area contributed by atoms with E-state index in [4.69, 9.17) is 5.11 Å². The molecule has 1 unspecified atom stereocenters. The molecule has 4 nitrogen and oxygen atoms in total. The van der Waals surface area contributed by atoms with Crippen LogP contribution in [0.2, 0.25) is 0 Å². The zero-order valence-electron chi connectivity index (χ0n) is 7.53. The van der Waals surface area contributed by atoms with Gasteiger partial charge in [0, 0.05) is 11.3 Å². The molecule has 1 aromatic rings. The lowest BCUT2D eigenvalue weighted by Gasteiger charge is -2.24. The summed E-state index contributed by atoms with van der Waals surface area (Å²) < 4.78 is 0. The molecular weight excluding hydrogens is 182 g/mol. The summed E-state index contributed by atoms with van der Waals surface area (Å²) in [5.74, 6) is -0.613. The zero-order chi connectivity index (χ0) is 10.1. The maximum absolute atomic E-state index is 10.7. The van der Waals surface area contributed by atoms with Crippen molar-refractivity contribution in [1.29, 1.82) is 0 Å². The first-order valence-corrected chi connectivity index (χ1v) is 4.48. The third kappa shape index (κ3) is 1.39. The molecule has 0 fully saturated rings. The predicted molar refractivity (Wildman–Crippen MR) is 51.5 cm³/mol. The molecule has 0 amide bonds. The second-order valence-corrected chi connectivity index (χ2v) is 3.38. The van der Waals surface area contributed by atoms with E-state index in [9.17, 15) is 9.90 Å². The number of aromatic hydroxyl groups is 1. The fraction of sp³-hybridized carbons (Fsp3) is 0.300. The summed E-state index contributed by atoms with van der Waals surface area (Å²) in [5.41, 5.74) is 1.54. The quantitative estimate of drug-likeness (QED) is 0.626. The Morgan fingerprint density at radius 3 is 3.00 bits per heavy atom. The minimum atomic E-state index is -0.848. The lowest BCUT2D eigenvalue weighted by molar-refractivity contribution is -0.138. The predicted octanol–water partition coefficient (Wildman–Crippen LogP) is 1.20. The monoisotopic (exact) mass is 193 g/mol. The molecular formula is C10H11NO3. The van der Waals surface area contributed by atoms with Crippen molar-refractivity contribution in [2.45, 2.75) is 18.9 Å². The van der Waals surface area contributed by atoms with Crippen molar-refractivity contribution in [2.75, 3.05) is 5.32 Å². The second-order valence-electron chi connectivity index (χ2n) is 3.38. The molecule has 1 aliphatic rings. The van der Waals surface area contributed by atoms with Crippen molar-refractivity contribution < 1.29 is 15.0 Å². The number of anilines is 1. The van der Waals surface area contributed by atoms with Gasteiger partial charge in [-0.2, -0.15) is 0 Å². The van der Waals surface area contributed by atoms with Crippen LogP contribution < -0.4 is 5.32 Å². The Morgan fingerprint density at radius 2 is 2.29 bits per heavy atom. The number of phenolic OH excluding ortho intramolecular Hbond substituents is 1. The summed E-state index contributed by atoms with van der Waals surface area (Å²) in [7, 11) is 0. The highest BCUT2D eigenvalue weighted by atomic mass is 16.4. The number of phenols is 1. The number of hydrogen-bond donors (Lipinski definition) is 3. The standard InChI is InChI=1S/C10H11NO3/c12-9-3-1-2-7-6(9)4-5-8(11-7)10(13)14/h1-3,8,11-12H,4-5H2,(H,13,14). The van der Waals surface area contributed by atoms with E-state index in [2.05, 4.69) is 5.32 Å². The van der Waals surface area contributed by atoms with Gasteiger partial charge in [0.1, 0.15) is 11.8 Å². The summed E-state index contributed by atoms with van der Waals surface area (Å²) in [5, 5.41) is 21.2. The summed E-state index contributed by atoms with van der Waals surface area (Å²) in [4.78, 5) is 10.7. The zero-order valence-corrected chi connectivity index (χ0v) is 7.53. The van der Waals surface area contributed by atoms with Crippen LogP contribution in [0.1, 0.15) is 12.0 Å². The summed E-state index contributed by atoms with van der Waals surface area (Å²) in [6.45, 7) is 0. The molecule has 1 heterocycles. The number of rotatable bonds is 1. The number of hydrogen-bond acceptors (Lipinski definition) is 3. The average Bonchev–Trinajstić information content (AvgIpc) is 2.17. The van der Waals surface area contributed by atoms with E-state index >= 15 is 0 Å². The van der Waals surface area contributed by atoms with E-state index in [0.717, 1.165) is 11.3 Å². The van der Waals surface area contributed by atoms with E-state index in [1.54, 1.807) is 18.2 Å². The van der Waals surface area contributed by atoms with Gasteiger partial charge in [0.05, 0.1) is 0 Å². The van der Waals surface area contributed by atoms with Gasteiger partial charge in [0.2, 0.25) is 0 Å². The van der Waals surface area contributed by atoms with Crippen LogP contribution in [-0.4, -0.2) is 22.2 Å². The molecule has 4 heteroatoms.